The summed E-state index contributed by atoms with van der Waals surface area (Å²) in [4.78, 5) is 10.8. The molecule has 3 heterocycles. The largest absolute Gasteiger partial charge is 0.457 e. The van der Waals surface area contributed by atoms with Crippen LogP contribution in [0.4, 0.5) is 0 Å². The number of aromatic nitrogens is 4. The van der Waals surface area contributed by atoms with E-state index >= 15 is 0 Å². The first-order valence-corrected chi connectivity index (χ1v) is 23.1. The molecule has 1 aliphatic heterocycles. The monoisotopic (exact) mass is 868 g/mol. The van der Waals surface area contributed by atoms with Crippen molar-refractivity contribution in [2.24, 2.45) is 0 Å². The molecule has 318 valence electrons. The number of hydrogen-bond donors (Lipinski definition) is 0. The van der Waals surface area contributed by atoms with Gasteiger partial charge in [-0.1, -0.05) is 158 Å². The van der Waals surface area contributed by atoms with E-state index in [2.05, 4.69) is 252 Å². The second-order valence-corrected chi connectivity index (χ2v) is 17.7. The second kappa shape index (κ2) is 15.0. The molecule has 0 atom stereocenters. The third kappa shape index (κ3) is 5.63. The lowest BCUT2D eigenvalue weighted by molar-refractivity contribution is 0.436. The van der Waals surface area contributed by atoms with Gasteiger partial charge >= 0.3 is 0 Å². The normalized spacial score (nSPS) is 12.9. The number of rotatable bonds is 6. The molecule has 0 fully saturated rings. The van der Waals surface area contributed by atoms with Crippen LogP contribution in [0.25, 0.3) is 89.6 Å². The van der Waals surface area contributed by atoms with E-state index in [4.69, 9.17) is 14.7 Å². The van der Waals surface area contributed by atoms with Crippen LogP contribution >= 0.6 is 0 Å². The average Bonchev–Trinajstić information content (AvgIpc) is 4.09. The summed E-state index contributed by atoms with van der Waals surface area (Å²) in [5.74, 6) is 3.50. The van der Waals surface area contributed by atoms with Crippen LogP contribution in [0.5, 0.6) is 11.5 Å². The minimum atomic E-state index is -0.553. The summed E-state index contributed by atoms with van der Waals surface area (Å²) in [6.45, 7) is 0. The quantitative estimate of drug-likeness (QED) is 0.167. The summed E-state index contributed by atoms with van der Waals surface area (Å²) in [6.07, 6.45) is 0. The third-order valence-electron chi connectivity index (χ3n) is 14.0. The van der Waals surface area contributed by atoms with Crippen molar-refractivity contribution in [3.63, 3.8) is 0 Å². The first-order chi connectivity index (χ1) is 33.7. The fourth-order valence-corrected chi connectivity index (χ4v) is 11.2. The Morgan fingerprint density at radius 2 is 0.765 bits per heavy atom. The molecule has 0 amide bonds. The van der Waals surface area contributed by atoms with E-state index in [1.807, 2.05) is 0 Å². The van der Waals surface area contributed by atoms with Crippen LogP contribution in [-0.2, 0) is 5.41 Å². The number of fused-ring (bicyclic) bond motifs is 11. The summed E-state index contributed by atoms with van der Waals surface area (Å²) >= 11 is 0. The second-order valence-electron chi connectivity index (χ2n) is 17.7. The maximum Gasteiger partial charge on any atom is 0.145 e. The van der Waals surface area contributed by atoms with Gasteiger partial charge in [0.2, 0.25) is 0 Å². The van der Waals surface area contributed by atoms with Crippen molar-refractivity contribution in [1.82, 2.24) is 19.1 Å². The molecule has 0 unspecified atom stereocenters. The average molecular weight is 869 g/mol. The maximum absolute atomic E-state index is 6.64. The van der Waals surface area contributed by atoms with Crippen molar-refractivity contribution >= 4 is 22.1 Å². The SMILES string of the molecule is c1ccc(-n2c(-c3cc(-c4cccc(-c5cccc6c5-c5ccccc5C65c6ccccc6Oc6ccccc65)c4)cc(-c4nc5ccccc5n4-c4ccccc4)c3)nc3ccccc32)cc1. The smallest absolute Gasteiger partial charge is 0.145 e. The molecule has 5 heteroatoms. The molecule has 2 aliphatic rings. The predicted molar refractivity (Wildman–Crippen MR) is 275 cm³/mol. The van der Waals surface area contributed by atoms with E-state index < -0.39 is 5.41 Å². The van der Waals surface area contributed by atoms with Gasteiger partial charge in [0.15, 0.2) is 0 Å². The molecular weight excluding hydrogens is 829 g/mol. The van der Waals surface area contributed by atoms with Crippen LogP contribution in [0.1, 0.15) is 22.3 Å². The molecule has 5 nitrogen and oxygen atoms in total. The van der Waals surface area contributed by atoms with Gasteiger partial charge in [-0.3, -0.25) is 9.13 Å². The zero-order valence-electron chi connectivity index (χ0n) is 36.8. The van der Waals surface area contributed by atoms with Crippen LogP contribution < -0.4 is 4.74 Å². The highest BCUT2D eigenvalue weighted by atomic mass is 16.5. The molecule has 0 radical (unpaired) electrons. The van der Waals surface area contributed by atoms with Crippen LogP contribution in [-0.4, -0.2) is 19.1 Å². The van der Waals surface area contributed by atoms with Gasteiger partial charge < -0.3 is 4.74 Å². The van der Waals surface area contributed by atoms with Crippen molar-refractivity contribution in [2.45, 2.75) is 5.41 Å². The Balaban J connectivity index is 1.01. The Labute approximate surface area is 393 Å². The Kier molecular flexibility index (Phi) is 8.43. The minimum absolute atomic E-state index is 0.553. The minimum Gasteiger partial charge on any atom is -0.457 e. The molecule has 0 saturated heterocycles. The number of para-hydroxylation sites is 8. The van der Waals surface area contributed by atoms with Gasteiger partial charge in [0.1, 0.15) is 23.1 Å². The Hall–Kier alpha value is -9.06. The zero-order chi connectivity index (χ0) is 44.8. The van der Waals surface area contributed by atoms with Gasteiger partial charge in [0, 0.05) is 33.6 Å². The number of nitrogens with zero attached hydrogens (tertiary/aromatic N) is 4. The number of hydrogen-bond acceptors (Lipinski definition) is 3. The van der Waals surface area contributed by atoms with Gasteiger partial charge in [0.05, 0.1) is 27.5 Å². The molecule has 0 bridgehead atoms. The van der Waals surface area contributed by atoms with Crippen LogP contribution in [0.2, 0.25) is 0 Å². The summed E-state index contributed by atoms with van der Waals surface area (Å²) in [5, 5.41) is 0. The van der Waals surface area contributed by atoms with Crippen molar-refractivity contribution < 1.29 is 4.74 Å². The van der Waals surface area contributed by atoms with Gasteiger partial charge in [-0.15, -0.1) is 0 Å². The molecule has 0 N–H and O–H groups in total. The lowest BCUT2D eigenvalue weighted by Crippen LogP contribution is -2.32. The highest BCUT2D eigenvalue weighted by Crippen LogP contribution is 2.63. The number of benzene rings is 10. The first kappa shape index (κ1) is 38.2. The van der Waals surface area contributed by atoms with Gasteiger partial charge in [-0.2, -0.15) is 0 Å². The summed E-state index contributed by atoms with van der Waals surface area (Å²) in [6, 6.07) is 86.7. The van der Waals surface area contributed by atoms with Gasteiger partial charge in [0.25, 0.3) is 0 Å². The highest BCUT2D eigenvalue weighted by molar-refractivity contribution is 5.97. The van der Waals surface area contributed by atoms with E-state index in [0.717, 1.165) is 95.5 Å². The van der Waals surface area contributed by atoms with Crippen LogP contribution in [0.3, 0.4) is 0 Å². The Morgan fingerprint density at radius 1 is 0.324 bits per heavy atom. The van der Waals surface area contributed by atoms with Crippen molar-refractivity contribution in [3.05, 3.63) is 265 Å². The standard InChI is InChI=1S/C63H40N4O/c1-3-21-46(22-4-1)66-56-33-13-11-31-54(56)64-61(66)44-38-43(39-45(40-44)62-65-55-32-12-14-34-57(55)67(62)47-23-5-2-6-24-47)41-19-17-20-42(37-41)48-26-18-30-53-60(48)49-25-7-8-27-50(49)63(53)51-28-9-15-35-58(51)68-59-36-16-10-29-52(59)63/h1-40H. The zero-order valence-corrected chi connectivity index (χ0v) is 36.8. The van der Waals surface area contributed by atoms with E-state index in [9.17, 15) is 0 Å². The summed E-state index contributed by atoms with van der Waals surface area (Å²) in [7, 11) is 0. The molecule has 14 rings (SSSR count). The highest BCUT2D eigenvalue weighted by Gasteiger charge is 2.51. The topological polar surface area (TPSA) is 44.9 Å². The lowest BCUT2D eigenvalue weighted by Gasteiger charge is -2.39. The fraction of sp³-hybridized carbons (Fsp3) is 0.0159. The van der Waals surface area contributed by atoms with E-state index in [-0.39, 0.29) is 0 Å². The maximum atomic E-state index is 6.64. The summed E-state index contributed by atoms with van der Waals surface area (Å²) in [5.41, 5.74) is 19.3. The van der Waals surface area contributed by atoms with Crippen LogP contribution in [0, 0.1) is 0 Å². The number of ether oxygens (including phenoxy) is 1. The van der Waals surface area contributed by atoms with Crippen molar-refractivity contribution in [2.75, 3.05) is 0 Å². The molecular formula is C63H40N4O. The van der Waals surface area contributed by atoms with Crippen molar-refractivity contribution in [3.8, 4) is 79.0 Å². The third-order valence-corrected chi connectivity index (χ3v) is 14.0. The molecule has 68 heavy (non-hydrogen) atoms. The van der Waals surface area contributed by atoms with Crippen LogP contribution in [0.15, 0.2) is 243 Å². The number of imidazole rings is 2. The van der Waals surface area contributed by atoms with E-state index in [0.29, 0.717) is 0 Å². The fourth-order valence-electron chi connectivity index (χ4n) is 11.2. The molecule has 0 saturated carbocycles. The van der Waals surface area contributed by atoms with Crippen molar-refractivity contribution in [1.29, 1.82) is 0 Å². The van der Waals surface area contributed by atoms with Gasteiger partial charge in [-0.25, -0.2) is 9.97 Å². The Morgan fingerprint density at radius 3 is 1.38 bits per heavy atom. The molecule has 12 aromatic rings. The van der Waals surface area contributed by atoms with E-state index in [1.54, 1.807) is 0 Å². The van der Waals surface area contributed by atoms with E-state index in [1.165, 1.54) is 27.8 Å². The molecule has 1 aliphatic carbocycles. The first-order valence-electron chi connectivity index (χ1n) is 23.1. The predicted octanol–water partition coefficient (Wildman–Crippen LogP) is 15.5. The molecule has 1 spiro atoms. The molecule has 10 aromatic carbocycles. The molecule has 2 aromatic heterocycles. The lowest BCUT2D eigenvalue weighted by atomic mass is 9.66. The van der Waals surface area contributed by atoms with Gasteiger partial charge in [-0.05, 0) is 129 Å². The summed E-state index contributed by atoms with van der Waals surface area (Å²) < 4.78 is 11.2. The Bertz CT molecular complexity index is 3780.